The standard InChI is InChI=1S/C17H16N2O5/c1-12(20)15-4-2-3-5-16(15)18-17(21)10-11-24-14-8-6-13(7-9-14)19(22)23/h2-9H,10-11H2,1H3,(H,18,21). The van der Waals surface area contributed by atoms with Crippen molar-refractivity contribution < 1.29 is 19.2 Å². The van der Waals surface area contributed by atoms with Crippen LogP contribution in [0.25, 0.3) is 0 Å². The molecule has 0 aliphatic heterocycles. The molecule has 7 heteroatoms. The van der Waals surface area contributed by atoms with Crippen LogP contribution in [0.15, 0.2) is 48.5 Å². The molecule has 0 saturated heterocycles. The van der Waals surface area contributed by atoms with Crippen molar-refractivity contribution in [3.63, 3.8) is 0 Å². The Kier molecular flexibility index (Phi) is 5.62. The van der Waals surface area contributed by atoms with Crippen LogP contribution < -0.4 is 10.1 Å². The Hall–Kier alpha value is -3.22. The van der Waals surface area contributed by atoms with Gasteiger partial charge in [-0.3, -0.25) is 19.7 Å². The number of non-ortho nitro benzene ring substituents is 1. The highest BCUT2D eigenvalue weighted by Gasteiger charge is 2.10. The van der Waals surface area contributed by atoms with Crippen molar-refractivity contribution in [1.29, 1.82) is 0 Å². The first-order valence-electron chi connectivity index (χ1n) is 7.24. The number of nitro benzene ring substituents is 1. The zero-order valence-corrected chi connectivity index (χ0v) is 13.0. The van der Waals surface area contributed by atoms with E-state index in [1.165, 1.54) is 31.2 Å². The minimum absolute atomic E-state index is 0.0269. The van der Waals surface area contributed by atoms with E-state index >= 15 is 0 Å². The van der Waals surface area contributed by atoms with Gasteiger partial charge in [0, 0.05) is 17.7 Å². The third kappa shape index (κ3) is 4.64. The van der Waals surface area contributed by atoms with Crippen LogP contribution in [0.1, 0.15) is 23.7 Å². The third-order valence-electron chi connectivity index (χ3n) is 3.23. The summed E-state index contributed by atoms with van der Waals surface area (Å²) in [5.74, 6) is 0.0242. The fourth-order valence-electron chi connectivity index (χ4n) is 2.04. The molecule has 24 heavy (non-hydrogen) atoms. The first kappa shape index (κ1) is 17.1. The number of hydrogen-bond donors (Lipinski definition) is 1. The molecule has 0 radical (unpaired) electrons. The normalized spacial score (nSPS) is 10.0. The summed E-state index contributed by atoms with van der Waals surface area (Å²) < 4.78 is 5.38. The number of hydrogen-bond acceptors (Lipinski definition) is 5. The molecule has 2 aromatic carbocycles. The van der Waals surface area contributed by atoms with Gasteiger partial charge in [-0.15, -0.1) is 0 Å². The molecular formula is C17H16N2O5. The number of nitrogens with zero attached hydrogens (tertiary/aromatic N) is 1. The van der Waals surface area contributed by atoms with Crippen molar-refractivity contribution >= 4 is 23.1 Å². The molecule has 7 nitrogen and oxygen atoms in total. The van der Waals surface area contributed by atoms with Gasteiger partial charge < -0.3 is 10.1 Å². The Labute approximate surface area is 138 Å². The van der Waals surface area contributed by atoms with Gasteiger partial charge in [0.2, 0.25) is 5.91 Å². The molecule has 2 aromatic rings. The second-order valence-corrected chi connectivity index (χ2v) is 5.00. The number of para-hydroxylation sites is 1. The SMILES string of the molecule is CC(=O)c1ccccc1NC(=O)CCOc1ccc([N+](=O)[O-])cc1. The molecule has 1 N–H and O–H groups in total. The number of ether oxygens (including phenoxy) is 1. The molecule has 2 rings (SSSR count). The van der Waals surface area contributed by atoms with E-state index < -0.39 is 4.92 Å². The lowest BCUT2D eigenvalue weighted by atomic mass is 10.1. The zero-order valence-electron chi connectivity index (χ0n) is 13.0. The molecular weight excluding hydrogens is 312 g/mol. The molecule has 0 atom stereocenters. The van der Waals surface area contributed by atoms with Crippen LogP contribution in [-0.4, -0.2) is 23.2 Å². The van der Waals surface area contributed by atoms with E-state index in [1.807, 2.05) is 0 Å². The lowest BCUT2D eigenvalue weighted by Gasteiger charge is -2.09. The van der Waals surface area contributed by atoms with Gasteiger partial charge in [0.15, 0.2) is 5.78 Å². The molecule has 1 amide bonds. The van der Waals surface area contributed by atoms with Crippen molar-refractivity contribution in [3.8, 4) is 5.75 Å². The van der Waals surface area contributed by atoms with Crippen LogP contribution in [0.5, 0.6) is 5.75 Å². The molecule has 0 heterocycles. The fourth-order valence-corrected chi connectivity index (χ4v) is 2.04. The van der Waals surface area contributed by atoms with Crippen LogP contribution in [0, 0.1) is 10.1 Å². The molecule has 0 saturated carbocycles. The number of benzene rings is 2. The summed E-state index contributed by atoms with van der Waals surface area (Å²) in [6, 6.07) is 12.4. The van der Waals surface area contributed by atoms with E-state index in [2.05, 4.69) is 5.32 Å². The fraction of sp³-hybridized carbons (Fsp3) is 0.176. The van der Waals surface area contributed by atoms with E-state index in [1.54, 1.807) is 24.3 Å². The smallest absolute Gasteiger partial charge is 0.269 e. The minimum atomic E-state index is -0.496. The van der Waals surface area contributed by atoms with Crippen LogP contribution in [0.2, 0.25) is 0 Å². The van der Waals surface area contributed by atoms with E-state index in [-0.39, 0.29) is 30.4 Å². The number of anilines is 1. The molecule has 0 fully saturated rings. The largest absolute Gasteiger partial charge is 0.493 e. The zero-order chi connectivity index (χ0) is 17.5. The molecule has 0 bridgehead atoms. The van der Waals surface area contributed by atoms with Crippen molar-refractivity contribution in [3.05, 3.63) is 64.2 Å². The van der Waals surface area contributed by atoms with Crippen LogP contribution in [0.3, 0.4) is 0 Å². The quantitative estimate of drug-likeness (QED) is 0.478. The van der Waals surface area contributed by atoms with E-state index in [4.69, 9.17) is 4.74 Å². The first-order valence-corrected chi connectivity index (χ1v) is 7.24. The van der Waals surface area contributed by atoms with Crippen molar-refractivity contribution in [2.45, 2.75) is 13.3 Å². The number of Topliss-reactive ketones (excluding diaryl/α,β-unsaturated/α-hetero) is 1. The van der Waals surface area contributed by atoms with Gasteiger partial charge in [-0.05, 0) is 31.2 Å². The topological polar surface area (TPSA) is 98.5 Å². The summed E-state index contributed by atoms with van der Waals surface area (Å²) in [5, 5.41) is 13.2. The van der Waals surface area contributed by atoms with Crippen molar-refractivity contribution in [2.24, 2.45) is 0 Å². The highest BCUT2D eigenvalue weighted by atomic mass is 16.6. The maximum Gasteiger partial charge on any atom is 0.269 e. The molecule has 0 unspecified atom stereocenters. The van der Waals surface area contributed by atoms with Crippen LogP contribution >= 0.6 is 0 Å². The number of ketones is 1. The molecule has 0 spiro atoms. The van der Waals surface area contributed by atoms with Gasteiger partial charge in [0.1, 0.15) is 5.75 Å². The first-order chi connectivity index (χ1) is 11.5. The van der Waals surface area contributed by atoms with E-state index in [0.29, 0.717) is 17.0 Å². The lowest BCUT2D eigenvalue weighted by molar-refractivity contribution is -0.384. The summed E-state index contributed by atoms with van der Waals surface area (Å²) >= 11 is 0. The Morgan fingerprint density at radius 1 is 1.12 bits per heavy atom. The van der Waals surface area contributed by atoms with Crippen LogP contribution in [0.4, 0.5) is 11.4 Å². The number of amides is 1. The molecule has 0 aliphatic carbocycles. The van der Waals surface area contributed by atoms with Crippen molar-refractivity contribution in [1.82, 2.24) is 0 Å². The third-order valence-corrected chi connectivity index (χ3v) is 3.23. The van der Waals surface area contributed by atoms with E-state index in [9.17, 15) is 19.7 Å². The predicted molar refractivity (Wildman–Crippen MR) is 88.3 cm³/mol. The predicted octanol–water partition coefficient (Wildman–Crippen LogP) is 3.21. The van der Waals surface area contributed by atoms with Gasteiger partial charge in [-0.25, -0.2) is 0 Å². The maximum atomic E-state index is 11.9. The van der Waals surface area contributed by atoms with Gasteiger partial charge >= 0.3 is 0 Å². The average Bonchev–Trinajstić information content (AvgIpc) is 2.55. The van der Waals surface area contributed by atoms with Crippen molar-refractivity contribution in [2.75, 3.05) is 11.9 Å². The number of nitro groups is 1. The highest BCUT2D eigenvalue weighted by Crippen LogP contribution is 2.18. The highest BCUT2D eigenvalue weighted by molar-refractivity contribution is 6.03. The minimum Gasteiger partial charge on any atom is -0.493 e. The van der Waals surface area contributed by atoms with Gasteiger partial charge in [0.25, 0.3) is 5.69 Å². The van der Waals surface area contributed by atoms with Gasteiger partial charge in [-0.2, -0.15) is 0 Å². The summed E-state index contributed by atoms with van der Waals surface area (Å²) in [6.07, 6.45) is 0.0865. The summed E-state index contributed by atoms with van der Waals surface area (Å²) in [5.41, 5.74) is 0.883. The number of carbonyl (C=O) groups is 2. The summed E-state index contributed by atoms with van der Waals surface area (Å²) in [4.78, 5) is 33.5. The van der Waals surface area contributed by atoms with E-state index in [0.717, 1.165) is 0 Å². The monoisotopic (exact) mass is 328 g/mol. The Balaban J connectivity index is 1.85. The number of nitrogens with one attached hydrogen (secondary N) is 1. The Bertz CT molecular complexity index is 756. The molecule has 0 aromatic heterocycles. The number of rotatable bonds is 7. The number of carbonyl (C=O) groups excluding carboxylic acids is 2. The second kappa shape index (κ2) is 7.87. The summed E-state index contributed by atoms with van der Waals surface area (Å²) in [6.45, 7) is 1.55. The second-order valence-electron chi connectivity index (χ2n) is 5.00. The Morgan fingerprint density at radius 2 is 1.79 bits per heavy atom. The van der Waals surface area contributed by atoms with Gasteiger partial charge in [0.05, 0.1) is 23.6 Å². The van der Waals surface area contributed by atoms with Gasteiger partial charge in [-0.1, -0.05) is 12.1 Å². The molecule has 0 aliphatic rings. The maximum absolute atomic E-state index is 11.9. The lowest BCUT2D eigenvalue weighted by Crippen LogP contribution is -2.16. The average molecular weight is 328 g/mol. The van der Waals surface area contributed by atoms with Crippen LogP contribution in [-0.2, 0) is 4.79 Å². The summed E-state index contributed by atoms with van der Waals surface area (Å²) in [7, 11) is 0. The Morgan fingerprint density at radius 3 is 2.42 bits per heavy atom. The molecule has 124 valence electrons.